The summed E-state index contributed by atoms with van der Waals surface area (Å²) >= 11 is 0. The standard InChI is InChI=1S/C48H57N7O7Si/c1-6-27-58-46(56)54-25-15-14-16-37(54)31-53(30-36-23-21-35(7-2)22-24-36)26-28-59-47(57)62-40-29-42(55-34-52-43-44(49)50-33-51-45(43)55)61-41(40)32-60-63(48(3,4)5,38-17-10-8-11-18-38)39-19-12-9-13-20-39/h2,6,8-13,17-24,33-34,37,40-42H,1,14-16,25-32H2,3-5H3,(H2,49,50,51)/t37-,40?,41?,42?/m0/s1. The summed E-state index contributed by atoms with van der Waals surface area (Å²) in [6.45, 7) is 12.7. The second kappa shape index (κ2) is 20.4. The first-order valence-electron chi connectivity index (χ1n) is 21.5. The molecule has 2 saturated heterocycles. The molecule has 7 rings (SSSR count). The Morgan fingerprint density at radius 3 is 2.38 bits per heavy atom. The van der Waals surface area contributed by atoms with Gasteiger partial charge in [-0.15, -0.1) is 6.42 Å². The Bertz CT molecular complexity index is 2310. The van der Waals surface area contributed by atoms with Crippen LogP contribution in [0.1, 0.15) is 63.8 Å². The van der Waals surface area contributed by atoms with Gasteiger partial charge in [-0.1, -0.05) is 112 Å². The lowest BCUT2D eigenvalue weighted by molar-refractivity contribution is -0.0535. The van der Waals surface area contributed by atoms with Gasteiger partial charge in [0, 0.05) is 44.2 Å². The number of carbonyl (C=O) groups excluding carboxylic acids is 2. The fraction of sp³-hybridized carbons (Fsp3) is 0.396. The van der Waals surface area contributed by atoms with Gasteiger partial charge < -0.3 is 34.0 Å². The van der Waals surface area contributed by atoms with Crippen LogP contribution in [0.25, 0.3) is 11.2 Å². The van der Waals surface area contributed by atoms with Gasteiger partial charge in [-0.25, -0.2) is 24.5 Å². The Balaban J connectivity index is 1.09. The van der Waals surface area contributed by atoms with Crippen LogP contribution in [0.4, 0.5) is 15.4 Å². The number of rotatable bonds is 16. The highest BCUT2D eigenvalue weighted by atomic mass is 28.4. The molecule has 15 heteroatoms. The summed E-state index contributed by atoms with van der Waals surface area (Å²) in [6, 6.07) is 28.4. The summed E-state index contributed by atoms with van der Waals surface area (Å²) in [4.78, 5) is 43.8. The lowest BCUT2D eigenvalue weighted by Crippen LogP contribution is -2.67. The molecule has 5 aromatic rings. The lowest BCUT2D eigenvalue weighted by atomic mass is 10.0. The van der Waals surface area contributed by atoms with Crippen molar-refractivity contribution in [3.8, 4) is 12.3 Å². The number of piperidine rings is 1. The molecule has 4 atom stereocenters. The van der Waals surface area contributed by atoms with E-state index >= 15 is 0 Å². The minimum Gasteiger partial charge on any atom is -0.445 e. The number of nitrogens with two attached hydrogens (primary N) is 1. The maximum absolute atomic E-state index is 13.7. The first-order valence-corrected chi connectivity index (χ1v) is 23.4. The SMILES string of the molecule is C#Cc1ccc(CN(CCOC(=O)OC2CC(n3cnc4c(N)ncnc43)OC2CO[Si](c2ccccc2)(c2ccccc2)C(C)(C)C)C[C@@H]2CCCCN2C(=O)OCC=C)cc1. The van der Waals surface area contributed by atoms with Crippen molar-refractivity contribution in [3.05, 3.63) is 121 Å². The van der Waals surface area contributed by atoms with E-state index < -0.39 is 32.9 Å². The summed E-state index contributed by atoms with van der Waals surface area (Å²) in [6.07, 6.45) is 9.95. The maximum atomic E-state index is 13.7. The van der Waals surface area contributed by atoms with Gasteiger partial charge in [-0.3, -0.25) is 9.47 Å². The van der Waals surface area contributed by atoms with Crippen molar-refractivity contribution in [2.45, 2.75) is 82.5 Å². The van der Waals surface area contributed by atoms with Crippen molar-refractivity contribution < 1.29 is 33.0 Å². The minimum atomic E-state index is -2.99. The third kappa shape index (κ3) is 10.4. The number of hydrogen-bond donors (Lipinski definition) is 1. The topological polar surface area (TPSA) is 156 Å². The summed E-state index contributed by atoms with van der Waals surface area (Å²) in [7, 11) is -2.99. The number of ether oxygens (including phenoxy) is 4. The van der Waals surface area contributed by atoms with E-state index in [2.05, 4.69) is 77.4 Å². The summed E-state index contributed by atoms with van der Waals surface area (Å²) in [5.74, 6) is 2.92. The van der Waals surface area contributed by atoms with E-state index in [-0.39, 0.29) is 49.2 Å². The van der Waals surface area contributed by atoms with Crippen molar-refractivity contribution >= 4 is 47.9 Å². The zero-order valence-corrected chi connectivity index (χ0v) is 37.3. The van der Waals surface area contributed by atoms with Crippen LogP contribution in [-0.4, -0.2) is 108 Å². The van der Waals surface area contributed by atoms with Crippen LogP contribution < -0.4 is 16.1 Å². The number of hydrogen-bond acceptors (Lipinski definition) is 12. The van der Waals surface area contributed by atoms with E-state index in [9.17, 15) is 9.59 Å². The first-order chi connectivity index (χ1) is 30.5. The molecule has 330 valence electrons. The first kappa shape index (κ1) is 45.0. The van der Waals surface area contributed by atoms with Gasteiger partial charge in [0.2, 0.25) is 0 Å². The number of terminal acetylenes is 1. The molecule has 0 bridgehead atoms. The number of aromatic nitrogens is 4. The van der Waals surface area contributed by atoms with Gasteiger partial charge in [-0.2, -0.15) is 0 Å². The Hall–Kier alpha value is -6.05. The zero-order valence-electron chi connectivity index (χ0n) is 36.3. The average Bonchev–Trinajstić information content (AvgIpc) is 3.91. The molecule has 2 aromatic heterocycles. The highest BCUT2D eigenvalue weighted by molar-refractivity contribution is 6.99. The summed E-state index contributed by atoms with van der Waals surface area (Å²) in [5.41, 5.74) is 8.91. The van der Waals surface area contributed by atoms with Crippen LogP contribution in [-0.2, 0) is 29.9 Å². The number of nitrogens with zero attached hydrogens (tertiary/aromatic N) is 6. The Morgan fingerprint density at radius 2 is 1.71 bits per heavy atom. The predicted molar refractivity (Wildman–Crippen MR) is 244 cm³/mol. The van der Waals surface area contributed by atoms with E-state index in [1.165, 1.54) is 6.33 Å². The fourth-order valence-electron chi connectivity index (χ4n) is 8.75. The molecule has 3 aromatic carbocycles. The normalized spacial score (nSPS) is 19.1. The largest absolute Gasteiger partial charge is 0.508 e. The van der Waals surface area contributed by atoms with Crippen LogP contribution in [0.3, 0.4) is 0 Å². The number of benzene rings is 3. The molecule has 1 amide bonds. The molecule has 14 nitrogen and oxygen atoms in total. The lowest BCUT2D eigenvalue weighted by Gasteiger charge is -2.43. The number of imidazole rings is 1. The van der Waals surface area contributed by atoms with Crippen molar-refractivity contribution in [1.82, 2.24) is 29.3 Å². The van der Waals surface area contributed by atoms with E-state index in [1.54, 1.807) is 21.9 Å². The average molecular weight is 872 g/mol. The molecular weight excluding hydrogens is 815 g/mol. The maximum Gasteiger partial charge on any atom is 0.508 e. The van der Waals surface area contributed by atoms with Crippen molar-refractivity contribution in [2.24, 2.45) is 0 Å². The third-order valence-corrected chi connectivity index (χ3v) is 16.8. The molecule has 0 spiro atoms. The smallest absolute Gasteiger partial charge is 0.445 e. The Labute approximate surface area is 370 Å². The predicted octanol–water partition coefficient (Wildman–Crippen LogP) is 6.46. The summed E-state index contributed by atoms with van der Waals surface area (Å²) < 4.78 is 33.2. The van der Waals surface area contributed by atoms with Crippen LogP contribution in [0.5, 0.6) is 0 Å². The molecule has 0 radical (unpaired) electrons. The Kier molecular flexibility index (Phi) is 14.6. The van der Waals surface area contributed by atoms with Crippen molar-refractivity contribution in [3.63, 3.8) is 0 Å². The monoisotopic (exact) mass is 871 g/mol. The van der Waals surface area contributed by atoms with Crippen LogP contribution in [0, 0.1) is 12.3 Å². The van der Waals surface area contributed by atoms with E-state index in [0.717, 1.165) is 40.8 Å². The van der Waals surface area contributed by atoms with Gasteiger partial charge in [0.15, 0.2) is 11.5 Å². The fourth-order valence-corrected chi connectivity index (χ4v) is 13.3. The number of anilines is 1. The van der Waals surface area contributed by atoms with Crippen LogP contribution >= 0.6 is 0 Å². The highest BCUT2D eigenvalue weighted by Gasteiger charge is 2.52. The van der Waals surface area contributed by atoms with E-state index in [0.29, 0.717) is 37.3 Å². The van der Waals surface area contributed by atoms with Crippen LogP contribution in [0.15, 0.2) is 110 Å². The molecule has 63 heavy (non-hydrogen) atoms. The highest BCUT2D eigenvalue weighted by Crippen LogP contribution is 2.39. The molecule has 2 aliphatic heterocycles. The zero-order chi connectivity index (χ0) is 44.4. The molecule has 0 aliphatic carbocycles. The number of carbonyl (C=O) groups is 2. The molecule has 2 fully saturated rings. The quantitative estimate of drug-likeness (QED) is 0.0501. The summed E-state index contributed by atoms with van der Waals surface area (Å²) in [5, 5.41) is 1.93. The molecule has 3 unspecified atom stereocenters. The number of amides is 1. The number of nitrogen functional groups attached to an aromatic ring is 1. The van der Waals surface area contributed by atoms with Crippen molar-refractivity contribution in [1.29, 1.82) is 0 Å². The van der Waals surface area contributed by atoms with Crippen molar-refractivity contribution in [2.75, 3.05) is 45.2 Å². The van der Waals surface area contributed by atoms with Gasteiger partial charge in [0.05, 0.1) is 12.9 Å². The second-order valence-corrected chi connectivity index (χ2v) is 21.3. The Morgan fingerprint density at radius 1 is 1.00 bits per heavy atom. The van der Waals surface area contributed by atoms with Gasteiger partial charge in [-0.05, 0) is 52.4 Å². The molecule has 4 heterocycles. The van der Waals surface area contributed by atoms with Gasteiger partial charge in [0.25, 0.3) is 8.32 Å². The molecule has 0 saturated carbocycles. The molecule has 2 aliphatic rings. The third-order valence-electron chi connectivity index (χ3n) is 11.8. The molecular formula is C48H57N7O7Si. The van der Waals surface area contributed by atoms with Crippen LogP contribution in [0.2, 0.25) is 5.04 Å². The molecule has 2 N–H and O–H groups in total. The van der Waals surface area contributed by atoms with E-state index in [1.807, 2.05) is 60.7 Å². The number of fused-ring (bicyclic) bond motifs is 1. The van der Waals surface area contributed by atoms with Gasteiger partial charge in [0.1, 0.15) is 43.5 Å². The van der Waals surface area contributed by atoms with Gasteiger partial charge >= 0.3 is 12.2 Å². The number of likely N-dealkylation sites (tertiary alicyclic amines) is 1. The second-order valence-electron chi connectivity index (χ2n) is 17.0. The minimum absolute atomic E-state index is 0.0392. The van der Waals surface area contributed by atoms with E-state index in [4.69, 9.17) is 35.5 Å².